The zero-order valence-electron chi connectivity index (χ0n) is 17.4. The Morgan fingerprint density at radius 2 is 1.97 bits per heavy atom. The first-order valence-electron chi connectivity index (χ1n) is 10.5. The summed E-state index contributed by atoms with van der Waals surface area (Å²) in [5.41, 5.74) is 1.17. The van der Waals surface area contributed by atoms with Crippen molar-refractivity contribution in [2.75, 3.05) is 57.4 Å². The molecule has 0 unspecified atom stereocenters. The van der Waals surface area contributed by atoms with Crippen LogP contribution in [0.15, 0.2) is 22.3 Å². The number of H-pyrrole nitrogens is 1. The van der Waals surface area contributed by atoms with Crippen molar-refractivity contribution in [3.63, 3.8) is 0 Å². The number of nitrogens with one attached hydrogen (secondary N) is 1. The highest BCUT2D eigenvalue weighted by Gasteiger charge is 2.22. The van der Waals surface area contributed by atoms with Crippen LogP contribution in [0.3, 0.4) is 0 Å². The predicted octanol–water partition coefficient (Wildman–Crippen LogP) is 1.25. The second kappa shape index (κ2) is 9.72. The fourth-order valence-corrected chi connectivity index (χ4v) is 4.73. The molecule has 0 saturated carbocycles. The van der Waals surface area contributed by atoms with Crippen LogP contribution in [-0.2, 0) is 22.5 Å². The van der Waals surface area contributed by atoms with Gasteiger partial charge in [-0.1, -0.05) is 6.07 Å². The van der Waals surface area contributed by atoms with E-state index >= 15 is 0 Å². The Balaban J connectivity index is 1.29. The molecule has 30 heavy (non-hydrogen) atoms. The number of hydrogen-bond donors (Lipinski definition) is 1. The summed E-state index contributed by atoms with van der Waals surface area (Å²) in [6.07, 6.45) is 0.763. The number of rotatable bonds is 6. The summed E-state index contributed by atoms with van der Waals surface area (Å²) in [5.74, 6) is 0.708. The molecular weight excluding hydrogens is 402 g/mol. The summed E-state index contributed by atoms with van der Waals surface area (Å²) in [7, 11) is 0. The Hall–Kier alpha value is -2.23. The Kier molecular flexibility index (Phi) is 6.81. The van der Waals surface area contributed by atoms with Gasteiger partial charge in [0.1, 0.15) is 0 Å². The lowest BCUT2D eigenvalue weighted by Crippen LogP contribution is -2.48. The summed E-state index contributed by atoms with van der Waals surface area (Å²) in [6.45, 7) is 8.79. The van der Waals surface area contributed by atoms with Crippen molar-refractivity contribution in [1.29, 1.82) is 0 Å². The van der Waals surface area contributed by atoms with E-state index in [1.165, 1.54) is 4.88 Å². The van der Waals surface area contributed by atoms with E-state index in [1.807, 2.05) is 16.7 Å². The van der Waals surface area contributed by atoms with Crippen molar-refractivity contribution >= 4 is 23.2 Å². The Morgan fingerprint density at radius 3 is 2.63 bits per heavy atom. The molecule has 2 saturated heterocycles. The topological polar surface area (TPSA) is 81.8 Å². The molecule has 4 heterocycles. The second-order valence-electron chi connectivity index (χ2n) is 7.79. The highest BCUT2D eigenvalue weighted by Crippen LogP contribution is 2.15. The molecule has 0 aromatic carbocycles. The number of thiophene rings is 1. The van der Waals surface area contributed by atoms with Gasteiger partial charge in [0.25, 0.3) is 5.56 Å². The van der Waals surface area contributed by atoms with Gasteiger partial charge in [0.15, 0.2) is 0 Å². The SMILES string of the molecule is Cc1nc(N2CCOCC2)[nH]c(=O)c1CCC(=O)N1CCN(Cc2cccs2)CC1. The maximum Gasteiger partial charge on any atom is 0.255 e. The van der Waals surface area contributed by atoms with Gasteiger partial charge >= 0.3 is 0 Å². The zero-order valence-corrected chi connectivity index (χ0v) is 18.2. The lowest BCUT2D eigenvalue weighted by molar-refractivity contribution is -0.133. The molecule has 0 aliphatic carbocycles. The number of anilines is 1. The van der Waals surface area contributed by atoms with E-state index in [-0.39, 0.29) is 11.5 Å². The first kappa shape index (κ1) is 21.0. The standard InChI is InChI=1S/C21H29N5O3S/c1-16-18(20(28)23-21(22-16)26-10-12-29-13-11-26)4-5-19(27)25-8-6-24(7-9-25)15-17-3-2-14-30-17/h2-3,14H,4-13,15H2,1H3,(H,22,23,28). The van der Waals surface area contributed by atoms with E-state index in [0.29, 0.717) is 43.3 Å². The molecule has 2 aliphatic rings. The van der Waals surface area contributed by atoms with Crippen molar-refractivity contribution in [3.8, 4) is 0 Å². The second-order valence-corrected chi connectivity index (χ2v) is 8.82. The molecule has 2 fully saturated rings. The van der Waals surface area contributed by atoms with E-state index in [9.17, 15) is 9.59 Å². The average Bonchev–Trinajstić information content (AvgIpc) is 3.27. The van der Waals surface area contributed by atoms with E-state index in [2.05, 4.69) is 32.4 Å². The zero-order chi connectivity index (χ0) is 20.9. The van der Waals surface area contributed by atoms with Crippen molar-refractivity contribution in [1.82, 2.24) is 19.8 Å². The predicted molar refractivity (Wildman–Crippen MR) is 117 cm³/mol. The van der Waals surface area contributed by atoms with Gasteiger partial charge in [0.2, 0.25) is 11.9 Å². The molecule has 9 heteroatoms. The molecule has 0 bridgehead atoms. The molecule has 8 nitrogen and oxygen atoms in total. The lowest BCUT2D eigenvalue weighted by atomic mass is 10.1. The van der Waals surface area contributed by atoms with E-state index < -0.39 is 0 Å². The maximum atomic E-state index is 12.7. The van der Waals surface area contributed by atoms with Crippen LogP contribution in [0.4, 0.5) is 5.95 Å². The van der Waals surface area contributed by atoms with Gasteiger partial charge in [-0.2, -0.15) is 0 Å². The first-order valence-corrected chi connectivity index (χ1v) is 11.4. The van der Waals surface area contributed by atoms with Crippen LogP contribution in [0.2, 0.25) is 0 Å². The van der Waals surface area contributed by atoms with Gasteiger partial charge in [-0.25, -0.2) is 4.98 Å². The Labute approximate surface area is 180 Å². The molecular formula is C21H29N5O3S. The number of piperazine rings is 1. The minimum atomic E-state index is -0.141. The van der Waals surface area contributed by atoms with Crippen molar-refractivity contribution in [3.05, 3.63) is 44.0 Å². The number of morpholine rings is 1. The first-order chi connectivity index (χ1) is 14.6. The van der Waals surface area contributed by atoms with Gasteiger partial charge < -0.3 is 14.5 Å². The summed E-state index contributed by atoms with van der Waals surface area (Å²) >= 11 is 1.77. The van der Waals surface area contributed by atoms with Gasteiger partial charge in [0.05, 0.1) is 13.2 Å². The normalized spacial score (nSPS) is 18.0. The highest BCUT2D eigenvalue weighted by atomic mass is 32.1. The highest BCUT2D eigenvalue weighted by molar-refractivity contribution is 7.09. The summed E-state index contributed by atoms with van der Waals surface area (Å²) in [5, 5.41) is 2.10. The lowest BCUT2D eigenvalue weighted by Gasteiger charge is -2.34. The third-order valence-corrected chi connectivity index (χ3v) is 6.65. The van der Waals surface area contributed by atoms with Crippen LogP contribution in [0, 0.1) is 6.92 Å². The fraction of sp³-hybridized carbons (Fsp3) is 0.571. The third-order valence-electron chi connectivity index (χ3n) is 5.79. The number of hydrogen-bond acceptors (Lipinski definition) is 7. The number of ether oxygens (including phenoxy) is 1. The van der Waals surface area contributed by atoms with E-state index in [1.54, 1.807) is 11.3 Å². The van der Waals surface area contributed by atoms with Crippen molar-refractivity contribution < 1.29 is 9.53 Å². The van der Waals surface area contributed by atoms with Gasteiger partial charge in [0, 0.05) is 68.4 Å². The van der Waals surface area contributed by atoms with E-state index in [4.69, 9.17) is 4.74 Å². The Morgan fingerprint density at radius 1 is 1.20 bits per heavy atom. The Bertz CT molecular complexity index is 900. The minimum Gasteiger partial charge on any atom is -0.378 e. The quantitative estimate of drug-likeness (QED) is 0.742. The molecule has 1 N–H and O–H groups in total. The summed E-state index contributed by atoms with van der Waals surface area (Å²) in [6, 6.07) is 4.23. The number of carbonyl (C=O) groups excluding carboxylic acids is 1. The molecule has 1 amide bonds. The maximum absolute atomic E-state index is 12.7. The van der Waals surface area contributed by atoms with Gasteiger partial charge in [-0.05, 0) is 24.8 Å². The molecule has 2 aliphatic heterocycles. The number of aryl methyl sites for hydroxylation is 1. The molecule has 0 radical (unpaired) electrons. The number of nitrogens with zero attached hydrogens (tertiary/aromatic N) is 4. The average molecular weight is 432 g/mol. The van der Waals surface area contributed by atoms with Crippen molar-refractivity contribution in [2.24, 2.45) is 0 Å². The summed E-state index contributed by atoms with van der Waals surface area (Å²) in [4.78, 5) is 40.5. The number of amides is 1. The van der Waals surface area contributed by atoms with Crippen LogP contribution < -0.4 is 10.5 Å². The number of carbonyl (C=O) groups is 1. The molecule has 162 valence electrons. The molecule has 2 aromatic rings. The van der Waals surface area contributed by atoms with Crippen molar-refractivity contribution in [2.45, 2.75) is 26.3 Å². The molecule has 0 atom stereocenters. The smallest absolute Gasteiger partial charge is 0.255 e. The molecule has 0 spiro atoms. The molecule has 4 rings (SSSR count). The van der Waals surface area contributed by atoms with Crippen LogP contribution in [0.1, 0.15) is 22.6 Å². The van der Waals surface area contributed by atoms with Crippen LogP contribution in [-0.4, -0.2) is 78.2 Å². The van der Waals surface area contributed by atoms with Gasteiger partial charge in [-0.3, -0.25) is 19.5 Å². The summed E-state index contributed by atoms with van der Waals surface area (Å²) < 4.78 is 5.35. The third kappa shape index (κ3) is 5.08. The van der Waals surface area contributed by atoms with Crippen LogP contribution in [0.25, 0.3) is 0 Å². The van der Waals surface area contributed by atoms with Crippen LogP contribution >= 0.6 is 11.3 Å². The largest absolute Gasteiger partial charge is 0.378 e. The molecule has 2 aromatic heterocycles. The van der Waals surface area contributed by atoms with E-state index in [0.717, 1.165) is 45.8 Å². The minimum absolute atomic E-state index is 0.113. The van der Waals surface area contributed by atoms with Gasteiger partial charge in [-0.15, -0.1) is 11.3 Å². The fourth-order valence-electron chi connectivity index (χ4n) is 3.98. The number of aromatic nitrogens is 2. The monoisotopic (exact) mass is 431 g/mol. The number of aromatic amines is 1. The van der Waals surface area contributed by atoms with Crippen LogP contribution in [0.5, 0.6) is 0 Å².